The van der Waals surface area contributed by atoms with E-state index in [0.29, 0.717) is 6.04 Å². The van der Waals surface area contributed by atoms with Gasteiger partial charge in [-0.2, -0.15) is 5.10 Å². The molecule has 0 fully saturated rings. The molecule has 0 bridgehead atoms. The molecule has 4 nitrogen and oxygen atoms in total. The lowest BCUT2D eigenvalue weighted by Crippen LogP contribution is -2.37. The van der Waals surface area contributed by atoms with E-state index < -0.39 is 0 Å². The summed E-state index contributed by atoms with van der Waals surface area (Å²) >= 11 is 0. The predicted octanol–water partition coefficient (Wildman–Crippen LogP) is 2.41. The minimum absolute atomic E-state index is 0.0989. The molecule has 0 aromatic carbocycles. The molecule has 0 spiro atoms. The summed E-state index contributed by atoms with van der Waals surface area (Å²) in [6, 6.07) is 2.63. The lowest BCUT2D eigenvalue weighted by Gasteiger charge is -2.28. The zero-order valence-corrected chi connectivity index (χ0v) is 13.3. The highest BCUT2D eigenvalue weighted by Gasteiger charge is 2.23. The molecule has 19 heavy (non-hydrogen) atoms. The average molecular weight is 267 g/mol. The first kappa shape index (κ1) is 16.2. The zero-order chi connectivity index (χ0) is 14.5. The van der Waals surface area contributed by atoms with Crippen molar-refractivity contribution in [2.75, 3.05) is 14.2 Å². The number of likely N-dealkylation sites (N-methyl/N-ethyl adjacent to an activating group) is 1. The van der Waals surface area contributed by atoms with Gasteiger partial charge in [-0.1, -0.05) is 6.92 Å². The predicted molar refractivity (Wildman–Crippen MR) is 79.5 cm³/mol. The normalized spacial score (nSPS) is 13.8. The summed E-state index contributed by atoms with van der Waals surface area (Å²) in [5.74, 6) is 0. The van der Waals surface area contributed by atoms with Crippen LogP contribution in [0.2, 0.25) is 0 Å². The van der Waals surface area contributed by atoms with Gasteiger partial charge in [0.1, 0.15) is 0 Å². The van der Waals surface area contributed by atoms with Gasteiger partial charge >= 0.3 is 0 Å². The second kappa shape index (κ2) is 7.06. The van der Waals surface area contributed by atoms with Crippen LogP contribution in [0, 0.1) is 0 Å². The Hall–Kier alpha value is -0.870. The third-order valence-corrected chi connectivity index (χ3v) is 3.73. The Kier molecular flexibility index (Phi) is 6.01. The molecule has 1 N–H and O–H groups in total. The Morgan fingerprint density at radius 3 is 2.58 bits per heavy atom. The van der Waals surface area contributed by atoms with Gasteiger partial charge in [0.2, 0.25) is 0 Å². The molecule has 0 saturated heterocycles. The van der Waals surface area contributed by atoms with Gasteiger partial charge in [-0.25, -0.2) is 0 Å². The summed E-state index contributed by atoms with van der Waals surface area (Å²) in [7, 11) is 3.79. The first-order valence-electron chi connectivity index (χ1n) is 7.23. The fourth-order valence-electron chi connectivity index (χ4n) is 2.33. The fourth-order valence-corrected chi connectivity index (χ4v) is 2.33. The van der Waals surface area contributed by atoms with Gasteiger partial charge in [-0.3, -0.25) is 4.68 Å². The molecule has 1 heterocycles. The SMILES string of the molecule is CCc1cc(CC(CC(C)(C)OC)NC)n(CC)n1. The van der Waals surface area contributed by atoms with Crippen LogP contribution in [0.4, 0.5) is 0 Å². The number of methoxy groups -OCH3 is 1. The first-order valence-corrected chi connectivity index (χ1v) is 7.23. The Morgan fingerprint density at radius 1 is 1.42 bits per heavy atom. The number of nitrogens with one attached hydrogen (secondary N) is 1. The van der Waals surface area contributed by atoms with Crippen LogP contribution in [0.25, 0.3) is 0 Å². The summed E-state index contributed by atoms with van der Waals surface area (Å²) in [5, 5.41) is 8.01. The molecule has 1 atom stereocenters. The van der Waals surface area contributed by atoms with Crippen LogP contribution in [0.1, 0.15) is 45.5 Å². The summed E-state index contributed by atoms with van der Waals surface area (Å²) in [5.41, 5.74) is 2.39. The number of aryl methyl sites for hydroxylation is 2. The van der Waals surface area contributed by atoms with Gasteiger partial charge in [0, 0.05) is 31.8 Å². The smallest absolute Gasteiger partial charge is 0.0637 e. The topological polar surface area (TPSA) is 39.1 Å². The minimum Gasteiger partial charge on any atom is -0.379 e. The highest BCUT2D eigenvalue weighted by molar-refractivity contribution is 5.12. The van der Waals surface area contributed by atoms with Crippen LogP contribution in [0.15, 0.2) is 6.07 Å². The number of hydrogen-bond donors (Lipinski definition) is 1. The second-order valence-corrected chi connectivity index (χ2v) is 5.65. The Bertz CT molecular complexity index is 385. The zero-order valence-electron chi connectivity index (χ0n) is 13.3. The molecular formula is C15H29N3O. The summed E-state index contributed by atoms with van der Waals surface area (Å²) in [6.45, 7) is 9.48. The highest BCUT2D eigenvalue weighted by atomic mass is 16.5. The fraction of sp³-hybridized carbons (Fsp3) is 0.800. The van der Waals surface area contributed by atoms with Gasteiger partial charge in [0.05, 0.1) is 11.3 Å². The number of ether oxygens (including phenoxy) is 1. The van der Waals surface area contributed by atoms with Crippen molar-refractivity contribution in [3.8, 4) is 0 Å². The molecule has 0 amide bonds. The van der Waals surface area contributed by atoms with Crippen molar-refractivity contribution in [3.05, 3.63) is 17.5 Å². The number of nitrogens with zero attached hydrogens (tertiary/aromatic N) is 2. The van der Waals surface area contributed by atoms with Gasteiger partial charge in [0.15, 0.2) is 0 Å². The van der Waals surface area contributed by atoms with Crippen molar-refractivity contribution in [1.82, 2.24) is 15.1 Å². The molecule has 0 radical (unpaired) electrons. The molecule has 1 rings (SSSR count). The van der Waals surface area contributed by atoms with Crippen molar-refractivity contribution < 1.29 is 4.74 Å². The lowest BCUT2D eigenvalue weighted by molar-refractivity contribution is 0.00758. The molecule has 110 valence electrons. The maximum absolute atomic E-state index is 5.53. The van der Waals surface area contributed by atoms with Crippen LogP contribution >= 0.6 is 0 Å². The molecule has 0 aliphatic rings. The van der Waals surface area contributed by atoms with Crippen LogP contribution in [0.5, 0.6) is 0 Å². The molecule has 0 saturated carbocycles. The van der Waals surface area contributed by atoms with Gasteiger partial charge in [-0.15, -0.1) is 0 Å². The largest absolute Gasteiger partial charge is 0.379 e. The van der Waals surface area contributed by atoms with E-state index in [4.69, 9.17) is 4.74 Å². The van der Waals surface area contributed by atoms with E-state index in [9.17, 15) is 0 Å². The molecule has 0 aliphatic heterocycles. The number of aromatic nitrogens is 2. The van der Waals surface area contributed by atoms with Crippen LogP contribution in [-0.2, 0) is 24.1 Å². The number of rotatable bonds is 8. The van der Waals surface area contributed by atoms with Crippen LogP contribution in [0.3, 0.4) is 0 Å². The first-order chi connectivity index (χ1) is 8.95. The van der Waals surface area contributed by atoms with Crippen molar-refractivity contribution in [2.24, 2.45) is 0 Å². The Labute approximate surface area is 117 Å². The molecule has 1 aromatic heterocycles. The van der Waals surface area contributed by atoms with Crippen molar-refractivity contribution in [2.45, 2.75) is 65.1 Å². The van der Waals surface area contributed by atoms with E-state index in [-0.39, 0.29) is 5.60 Å². The monoisotopic (exact) mass is 267 g/mol. The van der Waals surface area contributed by atoms with Crippen LogP contribution < -0.4 is 5.32 Å². The number of hydrogen-bond acceptors (Lipinski definition) is 3. The van der Waals surface area contributed by atoms with Gasteiger partial charge < -0.3 is 10.1 Å². The molecule has 1 aromatic rings. The lowest BCUT2D eigenvalue weighted by atomic mass is 9.95. The Morgan fingerprint density at radius 2 is 2.11 bits per heavy atom. The van der Waals surface area contributed by atoms with E-state index in [1.807, 2.05) is 7.05 Å². The molecular weight excluding hydrogens is 238 g/mol. The van der Waals surface area contributed by atoms with E-state index in [1.165, 1.54) is 11.4 Å². The average Bonchev–Trinajstić information content (AvgIpc) is 2.80. The van der Waals surface area contributed by atoms with Crippen molar-refractivity contribution in [3.63, 3.8) is 0 Å². The Balaban J connectivity index is 2.77. The van der Waals surface area contributed by atoms with Crippen LogP contribution in [-0.4, -0.2) is 35.6 Å². The van der Waals surface area contributed by atoms with Gasteiger partial charge in [0.25, 0.3) is 0 Å². The van der Waals surface area contributed by atoms with E-state index in [0.717, 1.165) is 25.8 Å². The van der Waals surface area contributed by atoms with E-state index in [2.05, 4.69) is 48.9 Å². The highest BCUT2D eigenvalue weighted by Crippen LogP contribution is 2.18. The van der Waals surface area contributed by atoms with Crippen molar-refractivity contribution in [1.29, 1.82) is 0 Å². The maximum Gasteiger partial charge on any atom is 0.0637 e. The van der Waals surface area contributed by atoms with E-state index in [1.54, 1.807) is 7.11 Å². The molecule has 0 aliphatic carbocycles. The molecule has 4 heteroatoms. The summed E-state index contributed by atoms with van der Waals surface area (Å²) < 4.78 is 7.64. The third-order valence-electron chi connectivity index (χ3n) is 3.73. The minimum atomic E-state index is -0.0989. The summed E-state index contributed by atoms with van der Waals surface area (Å²) in [6.07, 6.45) is 2.97. The third kappa shape index (κ3) is 4.62. The summed E-state index contributed by atoms with van der Waals surface area (Å²) in [4.78, 5) is 0. The van der Waals surface area contributed by atoms with Gasteiger partial charge in [-0.05, 0) is 46.7 Å². The molecule has 1 unspecified atom stereocenters. The quantitative estimate of drug-likeness (QED) is 0.786. The van der Waals surface area contributed by atoms with Crippen molar-refractivity contribution >= 4 is 0 Å². The second-order valence-electron chi connectivity index (χ2n) is 5.65. The maximum atomic E-state index is 5.53. The van der Waals surface area contributed by atoms with E-state index >= 15 is 0 Å². The standard InChI is InChI=1S/C15H29N3O/c1-7-12-9-14(18(8-2)17-12)10-13(16-5)11-15(3,4)19-6/h9,13,16H,7-8,10-11H2,1-6H3.